The number of carbonyl (C=O) groups is 2. The van der Waals surface area contributed by atoms with Gasteiger partial charge in [-0.2, -0.15) is 0 Å². The fourth-order valence-corrected chi connectivity index (χ4v) is 2.65. The summed E-state index contributed by atoms with van der Waals surface area (Å²) in [6.07, 6.45) is 0.559. The summed E-state index contributed by atoms with van der Waals surface area (Å²) in [6, 6.07) is 4.57. The molecule has 0 heterocycles. The number of ketones is 1. The first-order chi connectivity index (χ1) is 10.6. The fraction of sp³-hybridized carbons (Fsp3) is 0.529. The lowest BCUT2D eigenvalue weighted by molar-refractivity contribution is -0.124. The van der Waals surface area contributed by atoms with Crippen LogP contribution in [0, 0.1) is 5.82 Å². The van der Waals surface area contributed by atoms with Crippen LogP contribution in [0.4, 0.5) is 4.39 Å². The van der Waals surface area contributed by atoms with E-state index < -0.39 is 5.54 Å². The number of hydrogen-bond acceptors (Lipinski definition) is 3. The van der Waals surface area contributed by atoms with E-state index in [1.54, 1.807) is 19.2 Å². The van der Waals surface area contributed by atoms with Gasteiger partial charge in [-0.25, -0.2) is 4.39 Å². The Morgan fingerprint density at radius 1 is 1.35 bits per heavy atom. The van der Waals surface area contributed by atoms with E-state index in [0.29, 0.717) is 30.1 Å². The molecule has 0 fully saturated rings. The molecule has 1 rings (SSSR count). The minimum absolute atomic E-state index is 0.0293. The molecule has 128 valence electrons. The van der Waals surface area contributed by atoms with Gasteiger partial charge in [0.1, 0.15) is 11.6 Å². The highest BCUT2D eigenvalue weighted by atomic mass is 35.5. The Balaban J connectivity index is 2.48. The molecule has 0 unspecified atom stereocenters. The molecule has 0 aliphatic rings. The molecule has 0 spiro atoms. The highest BCUT2D eigenvalue weighted by Crippen LogP contribution is 2.20. The number of Topliss-reactive ketones (excluding diaryl/α,β-unsaturated/α-hetero) is 1. The Kier molecular flexibility index (Phi) is 7.16. The Hall–Kier alpha value is -1.46. The molecule has 0 atom stereocenters. The van der Waals surface area contributed by atoms with Crippen LogP contribution >= 0.6 is 11.6 Å². The number of nitrogens with zero attached hydrogens (tertiary/aromatic N) is 1. The third-order valence-electron chi connectivity index (χ3n) is 3.38. The van der Waals surface area contributed by atoms with E-state index in [1.165, 1.54) is 13.0 Å². The molecule has 1 aromatic rings. The van der Waals surface area contributed by atoms with Gasteiger partial charge in [-0.05, 0) is 40.0 Å². The molecule has 0 aliphatic heterocycles. The van der Waals surface area contributed by atoms with Gasteiger partial charge in [-0.3, -0.25) is 9.59 Å². The monoisotopic (exact) mass is 342 g/mol. The van der Waals surface area contributed by atoms with E-state index in [9.17, 15) is 14.0 Å². The van der Waals surface area contributed by atoms with Crippen LogP contribution in [0.25, 0.3) is 0 Å². The van der Waals surface area contributed by atoms with Crippen LogP contribution in [-0.2, 0) is 16.1 Å². The molecule has 1 N–H and O–H groups in total. The number of nitrogens with one attached hydrogen (secondary N) is 1. The summed E-state index contributed by atoms with van der Waals surface area (Å²) >= 11 is 5.99. The minimum Gasteiger partial charge on any atom is -0.351 e. The zero-order chi connectivity index (χ0) is 17.6. The molecular formula is C17H24ClFN2O2. The van der Waals surface area contributed by atoms with Gasteiger partial charge < -0.3 is 10.2 Å². The van der Waals surface area contributed by atoms with Crippen LogP contribution in [-0.4, -0.2) is 35.7 Å². The Bertz CT molecular complexity index is 555. The molecule has 0 aliphatic carbocycles. The third kappa shape index (κ3) is 7.10. The molecule has 4 nitrogen and oxygen atoms in total. The average Bonchev–Trinajstić information content (AvgIpc) is 2.38. The Labute approximate surface area is 142 Å². The number of amides is 1. The molecular weight excluding hydrogens is 319 g/mol. The largest absolute Gasteiger partial charge is 0.351 e. The van der Waals surface area contributed by atoms with E-state index in [-0.39, 0.29) is 23.9 Å². The molecule has 0 saturated carbocycles. The summed E-state index contributed by atoms with van der Waals surface area (Å²) in [4.78, 5) is 25.0. The second-order valence-corrected chi connectivity index (χ2v) is 6.91. The lowest BCUT2D eigenvalue weighted by Gasteiger charge is -2.26. The van der Waals surface area contributed by atoms with E-state index in [2.05, 4.69) is 5.32 Å². The quantitative estimate of drug-likeness (QED) is 0.789. The normalized spacial score (nSPS) is 11.6. The van der Waals surface area contributed by atoms with Crippen molar-refractivity contribution < 1.29 is 14.0 Å². The first kappa shape index (κ1) is 19.6. The van der Waals surface area contributed by atoms with Crippen molar-refractivity contribution >= 4 is 23.3 Å². The van der Waals surface area contributed by atoms with Gasteiger partial charge in [-0.15, -0.1) is 0 Å². The van der Waals surface area contributed by atoms with Gasteiger partial charge in [0.05, 0.1) is 0 Å². The summed E-state index contributed by atoms with van der Waals surface area (Å²) in [6.45, 7) is 5.92. The highest BCUT2D eigenvalue weighted by molar-refractivity contribution is 6.31. The number of carbonyl (C=O) groups excluding carboxylic acids is 2. The third-order valence-corrected chi connectivity index (χ3v) is 3.73. The van der Waals surface area contributed by atoms with E-state index in [0.717, 1.165) is 0 Å². The van der Waals surface area contributed by atoms with Crippen molar-refractivity contribution in [3.8, 4) is 0 Å². The average molecular weight is 343 g/mol. The van der Waals surface area contributed by atoms with Crippen LogP contribution in [0.3, 0.4) is 0 Å². The summed E-state index contributed by atoms with van der Waals surface area (Å²) in [5.74, 6) is -0.458. The zero-order valence-corrected chi connectivity index (χ0v) is 14.8. The maximum absolute atomic E-state index is 13.7. The summed E-state index contributed by atoms with van der Waals surface area (Å²) < 4.78 is 13.7. The lowest BCUT2D eigenvalue weighted by Crippen LogP contribution is -2.45. The van der Waals surface area contributed by atoms with Crippen LogP contribution in [0.15, 0.2) is 18.2 Å². The van der Waals surface area contributed by atoms with Crippen molar-refractivity contribution in [3.05, 3.63) is 34.6 Å². The van der Waals surface area contributed by atoms with Gasteiger partial charge >= 0.3 is 0 Å². The summed E-state index contributed by atoms with van der Waals surface area (Å²) in [7, 11) is 1.80. The van der Waals surface area contributed by atoms with Crippen LogP contribution in [0.5, 0.6) is 0 Å². The van der Waals surface area contributed by atoms with Crippen molar-refractivity contribution in [3.63, 3.8) is 0 Å². The molecule has 0 saturated heterocycles. The van der Waals surface area contributed by atoms with Crippen molar-refractivity contribution in [1.29, 1.82) is 0 Å². The van der Waals surface area contributed by atoms with Crippen LogP contribution < -0.4 is 5.32 Å². The van der Waals surface area contributed by atoms with E-state index in [1.807, 2.05) is 18.7 Å². The Morgan fingerprint density at radius 2 is 2.00 bits per heavy atom. The molecule has 1 amide bonds. The molecule has 0 aromatic heterocycles. The number of hydrogen-bond donors (Lipinski definition) is 1. The highest BCUT2D eigenvalue weighted by Gasteiger charge is 2.22. The summed E-state index contributed by atoms with van der Waals surface area (Å²) in [5, 5.41) is 3.22. The maximum Gasteiger partial charge on any atom is 0.221 e. The molecule has 1 aromatic carbocycles. The van der Waals surface area contributed by atoms with Crippen molar-refractivity contribution in [2.45, 2.75) is 45.7 Å². The van der Waals surface area contributed by atoms with Crippen molar-refractivity contribution in [1.82, 2.24) is 10.2 Å². The Morgan fingerprint density at radius 3 is 2.57 bits per heavy atom. The van der Waals surface area contributed by atoms with E-state index in [4.69, 9.17) is 11.6 Å². The fourth-order valence-electron chi connectivity index (χ4n) is 2.43. The predicted molar refractivity (Wildman–Crippen MR) is 89.9 cm³/mol. The van der Waals surface area contributed by atoms with Gasteiger partial charge in [0.2, 0.25) is 5.91 Å². The van der Waals surface area contributed by atoms with Gasteiger partial charge in [0.15, 0.2) is 0 Å². The van der Waals surface area contributed by atoms with Gasteiger partial charge in [-0.1, -0.05) is 17.7 Å². The zero-order valence-electron chi connectivity index (χ0n) is 14.1. The van der Waals surface area contributed by atoms with Gasteiger partial charge in [0, 0.05) is 42.1 Å². The minimum atomic E-state index is -0.559. The second-order valence-electron chi connectivity index (χ2n) is 6.50. The standard InChI is InChI=1S/C17H24ClFN2O2/c1-12(22)10-17(2,3)20-16(23)8-9-21(4)11-13-14(18)6-5-7-15(13)19/h5-7H,8-11H2,1-4H3,(H,20,23). The second kappa shape index (κ2) is 8.41. The molecule has 0 radical (unpaired) electrons. The first-order valence-corrected chi connectivity index (χ1v) is 7.90. The number of halogens is 2. The number of benzene rings is 1. The number of rotatable bonds is 8. The molecule has 6 heteroatoms. The maximum atomic E-state index is 13.7. The SMILES string of the molecule is CC(=O)CC(C)(C)NC(=O)CCN(C)Cc1c(F)cccc1Cl. The predicted octanol–water partition coefficient (Wildman–Crippen LogP) is 3.17. The van der Waals surface area contributed by atoms with Crippen LogP contribution in [0.2, 0.25) is 5.02 Å². The van der Waals surface area contributed by atoms with Crippen molar-refractivity contribution in [2.24, 2.45) is 0 Å². The van der Waals surface area contributed by atoms with Crippen molar-refractivity contribution in [2.75, 3.05) is 13.6 Å². The van der Waals surface area contributed by atoms with E-state index >= 15 is 0 Å². The first-order valence-electron chi connectivity index (χ1n) is 7.52. The molecule has 23 heavy (non-hydrogen) atoms. The summed E-state index contributed by atoms with van der Waals surface area (Å²) in [5.41, 5.74) is -0.134. The molecule has 0 bridgehead atoms. The van der Waals surface area contributed by atoms with Crippen LogP contribution in [0.1, 0.15) is 39.2 Å². The smallest absolute Gasteiger partial charge is 0.221 e. The topological polar surface area (TPSA) is 49.4 Å². The lowest BCUT2D eigenvalue weighted by atomic mass is 9.98. The van der Waals surface area contributed by atoms with Gasteiger partial charge in [0.25, 0.3) is 0 Å².